The Bertz CT molecular complexity index is 997. The number of amides is 1. The third-order valence-corrected chi connectivity index (χ3v) is 6.76. The van der Waals surface area contributed by atoms with Crippen molar-refractivity contribution >= 4 is 15.7 Å². The average Bonchev–Trinajstić information content (AvgIpc) is 3.17. The minimum Gasteiger partial charge on any atom is -0.493 e. The average molecular weight is 407 g/mol. The largest absolute Gasteiger partial charge is 0.493 e. The van der Waals surface area contributed by atoms with Crippen molar-refractivity contribution in [2.24, 2.45) is 0 Å². The van der Waals surface area contributed by atoms with E-state index in [4.69, 9.17) is 9.47 Å². The van der Waals surface area contributed by atoms with Crippen LogP contribution in [0.25, 0.3) is 0 Å². The summed E-state index contributed by atoms with van der Waals surface area (Å²) in [4.78, 5) is 12.8. The van der Waals surface area contributed by atoms with Gasteiger partial charge in [0.25, 0.3) is 5.91 Å². The zero-order valence-electron chi connectivity index (χ0n) is 16.5. The zero-order valence-corrected chi connectivity index (χ0v) is 17.3. The van der Waals surface area contributed by atoms with Gasteiger partial charge in [-0.15, -0.1) is 0 Å². The highest BCUT2D eigenvalue weighted by Crippen LogP contribution is 2.28. The van der Waals surface area contributed by atoms with Gasteiger partial charge in [-0.3, -0.25) is 9.48 Å². The molecular weight excluding hydrogens is 382 g/mol. The number of aromatic nitrogens is 2. The maximum atomic E-state index is 12.8. The maximum Gasteiger partial charge on any atom is 0.255 e. The fraction of sp³-hybridized carbons (Fsp3) is 0.474. The fourth-order valence-corrected chi connectivity index (χ4v) is 5.27. The molecule has 0 saturated carbocycles. The molecule has 9 heteroatoms. The lowest BCUT2D eigenvalue weighted by molar-refractivity contribution is 0.0949. The molecule has 0 aliphatic carbocycles. The molecule has 1 atom stereocenters. The lowest BCUT2D eigenvalue weighted by Crippen LogP contribution is -2.24. The van der Waals surface area contributed by atoms with E-state index in [1.54, 1.807) is 38.8 Å². The molecule has 2 aromatic rings. The number of hydrogen-bond acceptors (Lipinski definition) is 6. The topological polar surface area (TPSA) is 99.5 Å². The molecule has 0 bridgehead atoms. The minimum atomic E-state index is -3.03. The summed E-state index contributed by atoms with van der Waals surface area (Å²) < 4.78 is 35.7. The van der Waals surface area contributed by atoms with E-state index in [1.807, 2.05) is 12.1 Å². The Hall–Kier alpha value is -2.55. The van der Waals surface area contributed by atoms with Crippen LogP contribution in [0.2, 0.25) is 0 Å². The van der Waals surface area contributed by atoms with Gasteiger partial charge in [-0.05, 0) is 38.0 Å². The Morgan fingerprint density at radius 3 is 2.57 bits per heavy atom. The number of benzene rings is 1. The van der Waals surface area contributed by atoms with E-state index in [0.717, 1.165) is 5.56 Å². The molecule has 0 unspecified atom stereocenters. The van der Waals surface area contributed by atoms with Crippen molar-refractivity contribution in [3.8, 4) is 11.5 Å². The number of ether oxygens (including phenoxy) is 2. The van der Waals surface area contributed by atoms with Gasteiger partial charge in [0, 0.05) is 12.2 Å². The van der Waals surface area contributed by atoms with Crippen LogP contribution in [0.5, 0.6) is 11.5 Å². The number of nitrogens with zero attached hydrogens (tertiary/aromatic N) is 2. The van der Waals surface area contributed by atoms with Gasteiger partial charge in [-0.2, -0.15) is 5.10 Å². The number of sulfone groups is 1. The Morgan fingerprint density at radius 1 is 1.25 bits per heavy atom. The molecule has 1 saturated heterocycles. The van der Waals surface area contributed by atoms with Crippen LogP contribution >= 0.6 is 0 Å². The number of aryl methyl sites for hydroxylation is 1. The second-order valence-corrected chi connectivity index (χ2v) is 9.15. The molecule has 8 nitrogen and oxygen atoms in total. The van der Waals surface area contributed by atoms with Gasteiger partial charge in [0.2, 0.25) is 0 Å². The molecule has 1 fully saturated rings. The summed E-state index contributed by atoms with van der Waals surface area (Å²) >= 11 is 0. The first kappa shape index (κ1) is 20.2. The molecule has 1 amide bonds. The highest BCUT2D eigenvalue weighted by atomic mass is 32.2. The first-order valence-electron chi connectivity index (χ1n) is 9.01. The Balaban J connectivity index is 1.75. The third-order valence-electron chi connectivity index (χ3n) is 5.01. The fourth-order valence-electron chi connectivity index (χ4n) is 3.58. The summed E-state index contributed by atoms with van der Waals surface area (Å²) in [6.45, 7) is 3.88. The predicted octanol–water partition coefficient (Wildman–Crippen LogP) is 1.81. The number of hydrogen-bond donors (Lipinski definition) is 1. The van der Waals surface area contributed by atoms with E-state index in [9.17, 15) is 13.2 Å². The van der Waals surface area contributed by atoms with Gasteiger partial charge in [0.05, 0.1) is 43.0 Å². The molecule has 1 aliphatic rings. The van der Waals surface area contributed by atoms with Gasteiger partial charge in [0.15, 0.2) is 21.3 Å². The zero-order chi connectivity index (χ0) is 20.5. The monoisotopic (exact) mass is 407 g/mol. The Kier molecular flexibility index (Phi) is 5.64. The van der Waals surface area contributed by atoms with Crippen LogP contribution in [0.1, 0.15) is 39.8 Å². The molecule has 0 spiro atoms. The lowest BCUT2D eigenvalue weighted by atomic mass is 10.1. The summed E-state index contributed by atoms with van der Waals surface area (Å²) in [5.41, 5.74) is 2.64. The number of methoxy groups -OCH3 is 2. The van der Waals surface area contributed by atoms with E-state index >= 15 is 0 Å². The first-order valence-corrected chi connectivity index (χ1v) is 10.8. The van der Waals surface area contributed by atoms with E-state index in [1.165, 1.54) is 0 Å². The van der Waals surface area contributed by atoms with E-state index in [0.29, 0.717) is 41.4 Å². The van der Waals surface area contributed by atoms with Crippen LogP contribution < -0.4 is 14.8 Å². The van der Waals surface area contributed by atoms with E-state index in [-0.39, 0.29) is 23.5 Å². The van der Waals surface area contributed by atoms with Crippen LogP contribution in [0.3, 0.4) is 0 Å². The van der Waals surface area contributed by atoms with Crippen LogP contribution in [-0.4, -0.2) is 49.8 Å². The maximum absolute atomic E-state index is 12.8. The highest BCUT2D eigenvalue weighted by Gasteiger charge is 2.32. The van der Waals surface area contributed by atoms with Gasteiger partial charge in [-0.1, -0.05) is 6.07 Å². The van der Waals surface area contributed by atoms with Gasteiger partial charge in [0.1, 0.15) is 0 Å². The Morgan fingerprint density at radius 2 is 1.96 bits per heavy atom. The summed E-state index contributed by atoms with van der Waals surface area (Å²) in [7, 11) is 0.101. The van der Waals surface area contributed by atoms with Crippen molar-refractivity contribution in [1.29, 1.82) is 0 Å². The van der Waals surface area contributed by atoms with Crippen molar-refractivity contribution < 1.29 is 22.7 Å². The summed E-state index contributed by atoms with van der Waals surface area (Å²) in [6, 6.07) is 5.24. The molecule has 28 heavy (non-hydrogen) atoms. The SMILES string of the molecule is COc1ccc(CNC(=O)c2c(C)nn([C@@H]3CCS(=O)(=O)C3)c2C)cc1OC. The van der Waals surface area contributed by atoms with Crippen molar-refractivity contribution in [3.63, 3.8) is 0 Å². The first-order chi connectivity index (χ1) is 13.3. The molecule has 2 heterocycles. The third kappa shape index (κ3) is 3.99. The molecule has 1 aromatic heterocycles. The van der Waals surface area contributed by atoms with Crippen molar-refractivity contribution in [2.45, 2.75) is 32.9 Å². The standard InChI is InChI=1S/C19H25N3O5S/c1-12-18(13(2)22(21-12)15-7-8-28(24,25)11-15)19(23)20-10-14-5-6-16(26-3)17(9-14)27-4/h5-6,9,15H,7-8,10-11H2,1-4H3,(H,20,23)/t15-/m1/s1. The molecule has 1 N–H and O–H groups in total. The van der Waals surface area contributed by atoms with Gasteiger partial charge < -0.3 is 14.8 Å². The van der Waals surface area contributed by atoms with Crippen LogP contribution in [0.15, 0.2) is 18.2 Å². The molecule has 1 aliphatic heterocycles. The van der Waals surface area contributed by atoms with Gasteiger partial charge >= 0.3 is 0 Å². The van der Waals surface area contributed by atoms with Crippen molar-refractivity contribution in [3.05, 3.63) is 40.7 Å². The van der Waals surface area contributed by atoms with E-state index in [2.05, 4.69) is 10.4 Å². The van der Waals surface area contributed by atoms with Crippen LogP contribution in [0.4, 0.5) is 0 Å². The molecule has 152 valence electrons. The quantitative estimate of drug-likeness (QED) is 0.784. The number of carbonyl (C=O) groups excluding carboxylic acids is 1. The lowest BCUT2D eigenvalue weighted by Gasteiger charge is -2.12. The smallest absolute Gasteiger partial charge is 0.255 e. The second kappa shape index (κ2) is 7.83. The van der Waals surface area contributed by atoms with Crippen LogP contribution in [0, 0.1) is 13.8 Å². The van der Waals surface area contributed by atoms with Crippen molar-refractivity contribution in [1.82, 2.24) is 15.1 Å². The van der Waals surface area contributed by atoms with E-state index < -0.39 is 9.84 Å². The molecule has 1 aromatic carbocycles. The number of carbonyl (C=O) groups is 1. The Labute approximate surface area is 164 Å². The highest BCUT2D eigenvalue weighted by molar-refractivity contribution is 7.91. The predicted molar refractivity (Wildman–Crippen MR) is 105 cm³/mol. The summed E-state index contributed by atoms with van der Waals surface area (Å²) in [5, 5.41) is 7.34. The molecular formula is C19H25N3O5S. The number of nitrogens with one attached hydrogen (secondary N) is 1. The normalized spacial score (nSPS) is 18.1. The number of rotatable bonds is 6. The van der Waals surface area contributed by atoms with Gasteiger partial charge in [-0.25, -0.2) is 8.42 Å². The molecule has 0 radical (unpaired) electrons. The summed E-state index contributed by atoms with van der Waals surface area (Å²) in [6.07, 6.45) is 0.525. The van der Waals surface area contributed by atoms with Crippen LogP contribution in [-0.2, 0) is 16.4 Å². The van der Waals surface area contributed by atoms with Crippen molar-refractivity contribution in [2.75, 3.05) is 25.7 Å². The molecule has 3 rings (SSSR count). The summed E-state index contributed by atoms with van der Waals surface area (Å²) in [5.74, 6) is 1.21. The second-order valence-electron chi connectivity index (χ2n) is 6.92. The minimum absolute atomic E-state index is 0.0711.